The second kappa shape index (κ2) is 6.06. The number of hydrogen-bond donors (Lipinski definition) is 3. The zero-order valence-corrected chi connectivity index (χ0v) is 12.0. The molecule has 20 heavy (non-hydrogen) atoms. The minimum Gasteiger partial charge on any atom is -0.369 e. The lowest BCUT2D eigenvalue weighted by Crippen LogP contribution is -2.23. The molecule has 0 aromatic carbocycles. The molecule has 4 N–H and O–H groups in total. The molecule has 0 unspecified atom stereocenters. The molecule has 0 aliphatic heterocycles. The van der Waals surface area contributed by atoms with Crippen LogP contribution in [0.25, 0.3) is 5.65 Å². The summed E-state index contributed by atoms with van der Waals surface area (Å²) in [6, 6.07) is 0. The molecule has 0 bridgehead atoms. The maximum absolute atomic E-state index is 10.9. The number of anilines is 2. The molecule has 0 spiro atoms. The van der Waals surface area contributed by atoms with Gasteiger partial charge in [0.25, 0.3) is 0 Å². The first-order valence-electron chi connectivity index (χ1n) is 6.31. The van der Waals surface area contributed by atoms with Crippen LogP contribution in [0.5, 0.6) is 0 Å². The summed E-state index contributed by atoms with van der Waals surface area (Å²) >= 11 is 0. The van der Waals surface area contributed by atoms with E-state index in [9.17, 15) is 8.42 Å². The standard InChI is InChI=1S/C11H18N6O2S/c1-2-3-13-9-8-17-6-4-15-11(17)10(16-9)14-5-7-20(12,18)19/h4,6,8,13H,2-3,5,7H2,1H3,(H,14,16)(H2,12,18,19). The van der Waals surface area contributed by atoms with Gasteiger partial charge in [-0.1, -0.05) is 6.92 Å². The van der Waals surface area contributed by atoms with Crippen molar-refractivity contribution in [2.75, 3.05) is 29.5 Å². The van der Waals surface area contributed by atoms with Crippen molar-refractivity contribution >= 4 is 27.3 Å². The summed E-state index contributed by atoms with van der Waals surface area (Å²) in [4.78, 5) is 8.57. The zero-order valence-electron chi connectivity index (χ0n) is 11.2. The van der Waals surface area contributed by atoms with Crippen molar-refractivity contribution < 1.29 is 8.42 Å². The summed E-state index contributed by atoms with van der Waals surface area (Å²) < 4.78 is 23.7. The Hall–Kier alpha value is -1.87. The number of aromatic nitrogens is 3. The number of hydrogen-bond acceptors (Lipinski definition) is 6. The first kappa shape index (κ1) is 14.5. The Balaban J connectivity index is 2.19. The molecule has 0 aliphatic rings. The summed E-state index contributed by atoms with van der Waals surface area (Å²) in [5.74, 6) is 1.07. The number of nitrogens with two attached hydrogens (primary N) is 1. The third-order valence-electron chi connectivity index (χ3n) is 2.61. The fraction of sp³-hybridized carbons (Fsp3) is 0.455. The van der Waals surface area contributed by atoms with E-state index >= 15 is 0 Å². The van der Waals surface area contributed by atoms with E-state index in [0.29, 0.717) is 17.3 Å². The van der Waals surface area contributed by atoms with E-state index in [1.807, 2.05) is 10.6 Å². The lowest BCUT2D eigenvalue weighted by atomic mass is 10.4. The normalized spacial score (nSPS) is 11.7. The highest BCUT2D eigenvalue weighted by molar-refractivity contribution is 7.89. The molecule has 0 radical (unpaired) electrons. The van der Waals surface area contributed by atoms with Crippen LogP contribution in [-0.4, -0.2) is 41.6 Å². The smallest absolute Gasteiger partial charge is 0.210 e. The Morgan fingerprint density at radius 1 is 1.35 bits per heavy atom. The van der Waals surface area contributed by atoms with E-state index in [-0.39, 0.29) is 12.3 Å². The van der Waals surface area contributed by atoms with Crippen molar-refractivity contribution in [3.05, 3.63) is 18.6 Å². The van der Waals surface area contributed by atoms with Gasteiger partial charge in [0.15, 0.2) is 11.5 Å². The van der Waals surface area contributed by atoms with E-state index in [2.05, 4.69) is 27.5 Å². The number of nitrogens with one attached hydrogen (secondary N) is 2. The molecule has 0 saturated carbocycles. The highest BCUT2D eigenvalue weighted by atomic mass is 32.2. The average Bonchev–Trinajstić information content (AvgIpc) is 2.83. The van der Waals surface area contributed by atoms with Crippen molar-refractivity contribution in [1.82, 2.24) is 14.4 Å². The third-order valence-corrected chi connectivity index (χ3v) is 3.38. The highest BCUT2D eigenvalue weighted by Gasteiger charge is 2.08. The molecule has 0 saturated heterocycles. The van der Waals surface area contributed by atoms with Crippen LogP contribution in [0.3, 0.4) is 0 Å². The predicted octanol–water partition coefficient (Wildman–Crippen LogP) is 0.252. The summed E-state index contributed by atoms with van der Waals surface area (Å²) in [6.07, 6.45) is 6.28. The molecule has 9 heteroatoms. The maximum atomic E-state index is 10.9. The van der Waals surface area contributed by atoms with Crippen LogP contribution in [-0.2, 0) is 10.0 Å². The highest BCUT2D eigenvalue weighted by Crippen LogP contribution is 2.16. The topological polar surface area (TPSA) is 114 Å². The molecule has 2 aromatic heterocycles. The lowest BCUT2D eigenvalue weighted by molar-refractivity contribution is 0.598. The largest absolute Gasteiger partial charge is 0.369 e. The Morgan fingerprint density at radius 3 is 2.85 bits per heavy atom. The van der Waals surface area contributed by atoms with E-state index < -0.39 is 10.0 Å². The Morgan fingerprint density at radius 2 is 2.15 bits per heavy atom. The molecule has 0 aliphatic carbocycles. The van der Waals surface area contributed by atoms with Gasteiger partial charge in [-0.3, -0.25) is 0 Å². The van der Waals surface area contributed by atoms with Gasteiger partial charge in [0, 0.05) is 25.5 Å². The van der Waals surface area contributed by atoms with Crippen LogP contribution in [0.15, 0.2) is 18.6 Å². The third kappa shape index (κ3) is 3.81. The van der Waals surface area contributed by atoms with Gasteiger partial charge in [0.2, 0.25) is 10.0 Å². The van der Waals surface area contributed by atoms with Crippen LogP contribution in [0.1, 0.15) is 13.3 Å². The number of imidazole rings is 1. The van der Waals surface area contributed by atoms with Crippen LogP contribution >= 0.6 is 0 Å². The predicted molar refractivity (Wildman–Crippen MR) is 78.2 cm³/mol. The van der Waals surface area contributed by atoms with E-state index in [4.69, 9.17) is 5.14 Å². The SMILES string of the molecule is CCCNc1cn2ccnc2c(NCCS(N)(=O)=O)n1. The summed E-state index contributed by atoms with van der Waals surface area (Å²) in [5, 5.41) is 11.1. The van der Waals surface area contributed by atoms with Crippen LogP contribution in [0.4, 0.5) is 11.6 Å². The molecule has 0 amide bonds. The fourth-order valence-electron chi connectivity index (χ4n) is 1.70. The quantitative estimate of drug-likeness (QED) is 0.675. The van der Waals surface area contributed by atoms with Gasteiger partial charge in [0.05, 0.1) is 11.9 Å². The first-order valence-corrected chi connectivity index (χ1v) is 8.03. The van der Waals surface area contributed by atoms with Crippen molar-refractivity contribution in [2.45, 2.75) is 13.3 Å². The molecule has 8 nitrogen and oxygen atoms in total. The van der Waals surface area contributed by atoms with Crippen LogP contribution in [0.2, 0.25) is 0 Å². The number of rotatable bonds is 7. The summed E-state index contributed by atoms with van der Waals surface area (Å²) in [7, 11) is -3.49. The van der Waals surface area contributed by atoms with Crippen molar-refractivity contribution in [2.24, 2.45) is 5.14 Å². The maximum Gasteiger partial charge on any atom is 0.210 e. The number of primary sulfonamides is 1. The molecule has 2 heterocycles. The molecule has 110 valence electrons. The molecule has 0 atom stereocenters. The minimum absolute atomic E-state index is 0.159. The monoisotopic (exact) mass is 298 g/mol. The van der Waals surface area contributed by atoms with Gasteiger partial charge >= 0.3 is 0 Å². The van der Waals surface area contributed by atoms with Gasteiger partial charge in [-0.05, 0) is 6.42 Å². The number of sulfonamides is 1. The molecule has 0 fully saturated rings. The van der Waals surface area contributed by atoms with E-state index in [1.54, 1.807) is 12.4 Å². The second-order valence-corrected chi connectivity index (χ2v) is 6.09. The number of fused-ring (bicyclic) bond motifs is 1. The first-order chi connectivity index (χ1) is 9.49. The molecule has 2 aromatic rings. The van der Waals surface area contributed by atoms with Crippen LogP contribution < -0.4 is 15.8 Å². The summed E-state index contributed by atoms with van der Waals surface area (Å²) in [5.41, 5.74) is 0.640. The Labute approximate surface area is 117 Å². The van der Waals surface area contributed by atoms with Crippen molar-refractivity contribution in [3.63, 3.8) is 0 Å². The van der Waals surface area contributed by atoms with Gasteiger partial charge in [0.1, 0.15) is 5.82 Å². The van der Waals surface area contributed by atoms with E-state index in [0.717, 1.165) is 13.0 Å². The average molecular weight is 298 g/mol. The van der Waals surface area contributed by atoms with Crippen LogP contribution in [0, 0.1) is 0 Å². The fourth-order valence-corrected chi connectivity index (χ4v) is 2.09. The molecule has 2 rings (SSSR count). The van der Waals surface area contributed by atoms with Gasteiger partial charge in [-0.2, -0.15) is 0 Å². The minimum atomic E-state index is -3.49. The van der Waals surface area contributed by atoms with E-state index in [1.165, 1.54) is 0 Å². The zero-order chi connectivity index (χ0) is 14.6. The van der Waals surface area contributed by atoms with Gasteiger partial charge in [-0.15, -0.1) is 0 Å². The van der Waals surface area contributed by atoms with Gasteiger partial charge in [-0.25, -0.2) is 23.5 Å². The lowest BCUT2D eigenvalue weighted by Gasteiger charge is -2.10. The second-order valence-electron chi connectivity index (χ2n) is 4.35. The molecular formula is C11H18N6O2S. The Kier molecular flexibility index (Phi) is 4.40. The van der Waals surface area contributed by atoms with Gasteiger partial charge < -0.3 is 15.0 Å². The van der Waals surface area contributed by atoms with Crippen molar-refractivity contribution in [3.8, 4) is 0 Å². The molecular weight excluding hydrogens is 280 g/mol. The summed E-state index contributed by atoms with van der Waals surface area (Å²) in [6.45, 7) is 3.06. The Bertz CT molecular complexity index is 681. The van der Waals surface area contributed by atoms with Crippen molar-refractivity contribution in [1.29, 1.82) is 0 Å². The number of nitrogens with zero attached hydrogens (tertiary/aromatic N) is 3.